The van der Waals surface area contributed by atoms with E-state index in [1.807, 2.05) is 26.0 Å². The lowest BCUT2D eigenvalue weighted by Gasteiger charge is -2.15. The fourth-order valence-corrected chi connectivity index (χ4v) is 3.77. The lowest BCUT2D eigenvalue weighted by molar-refractivity contribution is 0.0898. The molecule has 0 bridgehead atoms. The molecule has 3 aromatic heterocycles. The van der Waals surface area contributed by atoms with Gasteiger partial charge in [0.2, 0.25) is 0 Å². The van der Waals surface area contributed by atoms with E-state index in [4.69, 9.17) is 9.15 Å². The first-order valence-electron chi connectivity index (χ1n) is 8.44. The largest absolute Gasteiger partial charge is 0.467 e. The zero-order chi connectivity index (χ0) is 18.5. The first-order chi connectivity index (χ1) is 12.6. The molecule has 0 saturated carbocycles. The zero-order valence-electron chi connectivity index (χ0n) is 15.0. The van der Waals surface area contributed by atoms with Gasteiger partial charge in [0.15, 0.2) is 0 Å². The van der Waals surface area contributed by atoms with Gasteiger partial charge in [-0.3, -0.25) is 4.79 Å². The van der Waals surface area contributed by atoms with Crippen molar-refractivity contribution in [3.63, 3.8) is 0 Å². The molecule has 7 nitrogen and oxygen atoms in total. The summed E-state index contributed by atoms with van der Waals surface area (Å²) in [5.74, 6) is 1.41. The summed E-state index contributed by atoms with van der Waals surface area (Å²) < 4.78 is 10.5. The van der Waals surface area contributed by atoms with Crippen molar-refractivity contribution < 1.29 is 13.9 Å². The summed E-state index contributed by atoms with van der Waals surface area (Å²) in [7, 11) is 1.63. The van der Waals surface area contributed by atoms with Crippen LogP contribution in [0.2, 0.25) is 0 Å². The smallest absolute Gasteiger partial charge is 0.262 e. The van der Waals surface area contributed by atoms with Crippen molar-refractivity contribution in [1.29, 1.82) is 0 Å². The Balaban J connectivity index is 1.85. The van der Waals surface area contributed by atoms with Crippen LogP contribution in [0.1, 0.15) is 34.3 Å². The van der Waals surface area contributed by atoms with Crippen molar-refractivity contribution in [1.82, 2.24) is 15.3 Å². The van der Waals surface area contributed by atoms with Gasteiger partial charge in [-0.05, 0) is 31.0 Å². The molecule has 3 heterocycles. The molecule has 1 atom stereocenters. The summed E-state index contributed by atoms with van der Waals surface area (Å²) in [6.45, 7) is 4.94. The van der Waals surface area contributed by atoms with Gasteiger partial charge in [0.25, 0.3) is 5.91 Å². The van der Waals surface area contributed by atoms with E-state index in [0.717, 1.165) is 28.0 Å². The highest BCUT2D eigenvalue weighted by atomic mass is 32.1. The van der Waals surface area contributed by atoms with Crippen molar-refractivity contribution in [2.45, 2.75) is 32.9 Å². The number of methoxy groups -OCH3 is 1. The summed E-state index contributed by atoms with van der Waals surface area (Å²) in [6, 6.07) is 3.72. The molecule has 0 spiro atoms. The number of nitrogens with one attached hydrogen (secondary N) is 2. The quantitative estimate of drug-likeness (QED) is 0.628. The molecule has 138 valence electrons. The fraction of sp³-hybridized carbons (Fsp3) is 0.389. The Morgan fingerprint density at radius 2 is 2.27 bits per heavy atom. The Bertz CT molecular complexity index is 876. The summed E-state index contributed by atoms with van der Waals surface area (Å²) in [5.41, 5.74) is 0.873. The maximum Gasteiger partial charge on any atom is 0.262 e. The number of hydrogen-bond acceptors (Lipinski definition) is 7. The van der Waals surface area contributed by atoms with Crippen LogP contribution < -0.4 is 10.6 Å². The molecule has 2 N–H and O–H groups in total. The highest BCUT2D eigenvalue weighted by molar-refractivity contribution is 7.20. The van der Waals surface area contributed by atoms with Gasteiger partial charge >= 0.3 is 0 Å². The molecule has 0 aromatic carbocycles. The average Bonchev–Trinajstić information content (AvgIpc) is 3.28. The van der Waals surface area contributed by atoms with E-state index >= 15 is 0 Å². The van der Waals surface area contributed by atoms with E-state index in [0.29, 0.717) is 23.8 Å². The number of thiophene rings is 1. The molecular formula is C18H22N4O3S. The van der Waals surface area contributed by atoms with Crippen molar-refractivity contribution in [3.05, 3.63) is 40.9 Å². The third kappa shape index (κ3) is 3.86. The second kappa shape index (κ2) is 8.29. The number of hydrogen-bond donors (Lipinski definition) is 2. The maximum atomic E-state index is 12.7. The Labute approximate surface area is 155 Å². The fourth-order valence-electron chi connectivity index (χ4n) is 2.72. The monoisotopic (exact) mass is 374 g/mol. The van der Waals surface area contributed by atoms with Crippen LogP contribution in [0, 0.1) is 6.92 Å². The Hall–Kier alpha value is -2.45. The second-order valence-corrected chi connectivity index (χ2v) is 6.92. The van der Waals surface area contributed by atoms with Gasteiger partial charge in [0, 0.05) is 7.11 Å². The van der Waals surface area contributed by atoms with E-state index in [9.17, 15) is 4.79 Å². The van der Waals surface area contributed by atoms with Crippen LogP contribution in [0.4, 0.5) is 5.82 Å². The third-order valence-corrected chi connectivity index (χ3v) is 5.34. The number of carbonyl (C=O) groups is 1. The topological polar surface area (TPSA) is 89.3 Å². The number of nitrogens with zero attached hydrogens (tertiary/aromatic N) is 2. The molecule has 0 saturated heterocycles. The van der Waals surface area contributed by atoms with Gasteiger partial charge in [-0.1, -0.05) is 6.92 Å². The molecule has 26 heavy (non-hydrogen) atoms. The van der Waals surface area contributed by atoms with Gasteiger partial charge in [0.1, 0.15) is 22.7 Å². The Morgan fingerprint density at radius 1 is 1.42 bits per heavy atom. The number of anilines is 1. The van der Waals surface area contributed by atoms with E-state index in [1.165, 1.54) is 17.7 Å². The lowest BCUT2D eigenvalue weighted by atomic mass is 10.1. The summed E-state index contributed by atoms with van der Waals surface area (Å²) in [4.78, 5) is 22.8. The van der Waals surface area contributed by atoms with E-state index in [1.54, 1.807) is 13.4 Å². The minimum atomic E-state index is -0.105. The van der Waals surface area contributed by atoms with Crippen LogP contribution in [0.5, 0.6) is 0 Å². The van der Waals surface area contributed by atoms with Crippen LogP contribution in [0.3, 0.4) is 0 Å². The zero-order valence-corrected chi connectivity index (χ0v) is 15.9. The molecule has 1 unspecified atom stereocenters. The van der Waals surface area contributed by atoms with Crippen molar-refractivity contribution >= 4 is 33.3 Å². The predicted octanol–water partition coefficient (Wildman–Crippen LogP) is 3.36. The molecular weight excluding hydrogens is 352 g/mol. The number of furan rings is 1. The number of carbonyl (C=O) groups excluding carboxylic acids is 1. The molecule has 1 amide bonds. The second-order valence-electron chi connectivity index (χ2n) is 5.93. The Morgan fingerprint density at radius 3 is 2.96 bits per heavy atom. The molecule has 3 rings (SSSR count). The predicted molar refractivity (Wildman–Crippen MR) is 102 cm³/mol. The first kappa shape index (κ1) is 18.3. The van der Waals surface area contributed by atoms with Crippen LogP contribution in [-0.4, -0.2) is 35.6 Å². The number of amides is 1. The van der Waals surface area contributed by atoms with Crippen molar-refractivity contribution in [2.75, 3.05) is 19.0 Å². The van der Waals surface area contributed by atoms with E-state index in [-0.39, 0.29) is 11.9 Å². The minimum absolute atomic E-state index is 0.0141. The molecule has 0 radical (unpaired) electrons. The van der Waals surface area contributed by atoms with Crippen LogP contribution in [0.25, 0.3) is 10.2 Å². The highest BCUT2D eigenvalue weighted by Gasteiger charge is 2.21. The lowest BCUT2D eigenvalue weighted by Crippen LogP contribution is -2.37. The Kier molecular flexibility index (Phi) is 5.85. The molecule has 0 fully saturated rings. The summed E-state index contributed by atoms with van der Waals surface area (Å²) >= 11 is 1.37. The third-order valence-electron chi connectivity index (χ3n) is 4.14. The molecule has 3 aromatic rings. The van der Waals surface area contributed by atoms with Gasteiger partial charge < -0.3 is 19.8 Å². The summed E-state index contributed by atoms with van der Waals surface area (Å²) in [6.07, 6.45) is 3.94. The number of aromatic nitrogens is 2. The van der Waals surface area contributed by atoms with Crippen molar-refractivity contribution in [3.8, 4) is 0 Å². The van der Waals surface area contributed by atoms with Crippen molar-refractivity contribution in [2.24, 2.45) is 0 Å². The number of ether oxygens (including phenoxy) is 1. The van der Waals surface area contributed by atoms with E-state index < -0.39 is 0 Å². The SMILES string of the molecule is CCC(COC)NC(=O)c1sc2ncnc(NCc3ccco3)c2c1C. The number of aryl methyl sites for hydroxylation is 1. The van der Waals surface area contributed by atoms with E-state index in [2.05, 4.69) is 20.6 Å². The standard InChI is InChI=1S/C18H22N4O3S/c1-4-12(9-24-3)22-17(23)15-11(2)14-16(20-10-21-18(14)26-15)19-8-13-6-5-7-25-13/h5-7,10,12H,4,8-9H2,1-3H3,(H,22,23)(H,19,20,21). The molecule has 0 aliphatic rings. The van der Waals surface area contributed by atoms with Crippen LogP contribution in [0.15, 0.2) is 29.1 Å². The number of rotatable bonds is 8. The van der Waals surface area contributed by atoms with Gasteiger partial charge in [-0.25, -0.2) is 9.97 Å². The molecule has 0 aliphatic heterocycles. The average molecular weight is 374 g/mol. The van der Waals surface area contributed by atoms with Gasteiger partial charge in [0.05, 0.1) is 35.7 Å². The minimum Gasteiger partial charge on any atom is -0.467 e. The van der Waals surface area contributed by atoms with Gasteiger partial charge in [-0.2, -0.15) is 0 Å². The highest BCUT2D eigenvalue weighted by Crippen LogP contribution is 2.33. The summed E-state index contributed by atoms with van der Waals surface area (Å²) in [5, 5.41) is 7.16. The maximum absolute atomic E-state index is 12.7. The normalized spacial score (nSPS) is 12.3. The van der Waals surface area contributed by atoms with Crippen LogP contribution >= 0.6 is 11.3 Å². The molecule has 0 aliphatic carbocycles. The molecule has 8 heteroatoms. The first-order valence-corrected chi connectivity index (χ1v) is 9.25. The number of fused-ring (bicyclic) bond motifs is 1. The van der Waals surface area contributed by atoms with Gasteiger partial charge in [-0.15, -0.1) is 11.3 Å². The van der Waals surface area contributed by atoms with Crippen LogP contribution in [-0.2, 0) is 11.3 Å².